The van der Waals surface area contributed by atoms with Crippen LogP contribution in [0.3, 0.4) is 0 Å². The second-order valence-corrected chi connectivity index (χ2v) is 7.30. The number of rotatable bonds is 2. The van der Waals surface area contributed by atoms with Gasteiger partial charge in [-0.25, -0.2) is 0 Å². The van der Waals surface area contributed by atoms with Crippen LogP contribution in [0.25, 0.3) is 0 Å². The van der Waals surface area contributed by atoms with Crippen molar-refractivity contribution >= 4 is 78.0 Å². The molecule has 0 bridgehead atoms. The van der Waals surface area contributed by atoms with E-state index in [1.165, 1.54) is 11.3 Å². The normalized spacial score (nSPS) is 10.4. The van der Waals surface area contributed by atoms with Crippen LogP contribution < -0.4 is 5.32 Å². The number of amides is 1. The molecule has 0 saturated heterocycles. The van der Waals surface area contributed by atoms with Crippen molar-refractivity contribution < 1.29 is 4.79 Å². The Bertz CT molecular complexity index is 596. The standard InChI is InChI=1S/C11H5Br2Cl2NOS/c12-5-4-8(18-10(5)13)11(17)16-7-3-1-2-6(14)9(7)15/h1-4H,(H,16,17). The third-order valence-corrected chi connectivity index (χ3v) is 6.14. The van der Waals surface area contributed by atoms with Crippen molar-refractivity contribution in [3.05, 3.63) is 47.4 Å². The van der Waals surface area contributed by atoms with E-state index in [9.17, 15) is 4.79 Å². The van der Waals surface area contributed by atoms with Crippen LogP contribution in [-0.2, 0) is 0 Å². The average Bonchev–Trinajstić information content (AvgIpc) is 2.66. The highest BCUT2D eigenvalue weighted by molar-refractivity contribution is 9.13. The first-order chi connectivity index (χ1) is 8.49. The van der Waals surface area contributed by atoms with Crippen LogP contribution in [0.2, 0.25) is 10.0 Å². The molecule has 18 heavy (non-hydrogen) atoms. The van der Waals surface area contributed by atoms with Gasteiger partial charge < -0.3 is 5.32 Å². The number of benzene rings is 1. The first kappa shape index (κ1) is 14.3. The van der Waals surface area contributed by atoms with E-state index in [4.69, 9.17) is 23.2 Å². The Kier molecular flexibility index (Phi) is 4.72. The van der Waals surface area contributed by atoms with Crippen molar-refractivity contribution in [3.8, 4) is 0 Å². The number of carbonyl (C=O) groups is 1. The minimum atomic E-state index is -0.226. The fourth-order valence-corrected chi connectivity index (χ4v) is 3.52. The number of hydrogen-bond donors (Lipinski definition) is 1. The van der Waals surface area contributed by atoms with Gasteiger partial charge in [0.1, 0.15) is 0 Å². The zero-order chi connectivity index (χ0) is 13.3. The van der Waals surface area contributed by atoms with E-state index in [1.54, 1.807) is 24.3 Å². The first-order valence-corrected chi connectivity index (χ1v) is 7.85. The summed E-state index contributed by atoms with van der Waals surface area (Å²) < 4.78 is 1.71. The fraction of sp³-hybridized carbons (Fsp3) is 0. The Labute approximate surface area is 135 Å². The second kappa shape index (κ2) is 5.92. The lowest BCUT2D eigenvalue weighted by Gasteiger charge is -2.06. The third-order valence-electron chi connectivity index (χ3n) is 2.07. The zero-order valence-electron chi connectivity index (χ0n) is 8.64. The third kappa shape index (κ3) is 3.08. The fourth-order valence-electron chi connectivity index (χ4n) is 1.24. The number of hydrogen-bond acceptors (Lipinski definition) is 2. The van der Waals surface area contributed by atoms with Gasteiger partial charge in [0.05, 0.1) is 24.4 Å². The number of nitrogens with one attached hydrogen (secondary N) is 1. The Morgan fingerprint density at radius 2 is 2.00 bits per heavy atom. The summed E-state index contributed by atoms with van der Waals surface area (Å²) in [6.45, 7) is 0. The summed E-state index contributed by atoms with van der Waals surface area (Å²) in [6.07, 6.45) is 0. The molecule has 7 heteroatoms. The van der Waals surface area contributed by atoms with Crippen LogP contribution in [0.1, 0.15) is 9.67 Å². The summed E-state index contributed by atoms with van der Waals surface area (Å²) in [5.74, 6) is -0.226. The number of halogens is 4. The molecule has 0 aliphatic heterocycles. The van der Waals surface area contributed by atoms with Gasteiger partial charge in [0.15, 0.2) is 0 Å². The summed E-state index contributed by atoms with van der Waals surface area (Å²) in [7, 11) is 0. The maximum Gasteiger partial charge on any atom is 0.265 e. The van der Waals surface area contributed by atoms with Crippen molar-refractivity contribution in [2.75, 3.05) is 5.32 Å². The predicted molar refractivity (Wildman–Crippen MR) is 84.1 cm³/mol. The molecule has 0 atom stereocenters. The number of thiophene rings is 1. The molecule has 2 aromatic rings. The Morgan fingerprint density at radius 3 is 2.61 bits per heavy atom. The summed E-state index contributed by atoms with van der Waals surface area (Å²) in [5.41, 5.74) is 0.495. The minimum absolute atomic E-state index is 0.226. The van der Waals surface area contributed by atoms with E-state index in [-0.39, 0.29) is 5.91 Å². The van der Waals surface area contributed by atoms with Crippen LogP contribution in [0.5, 0.6) is 0 Å². The van der Waals surface area contributed by atoms with Gasteiger partial charge in [-0.2, -0.15) is 0 Å². The van der Waals surface area contributed by atoms with Crippen molar-refractivity contribution in [1.29, 1.82) is 0 Å². The molecular weight excluding hydrogens is 425 g/mol. The van der Waals surface area contributed by atoms with Crippen LogP contribution in [0, 0.1) is 0 Å². The summed E-state index contributed by atoms with van der Waals surface area (Å²) in [4.78, 5) is 12.6. The van der Waals surface area contributed by atoms with Gasteiger partial charge in [-0.3, -0.25) is 4.79 Å². The molecule has 0 fully saturated rings. The van der Waals surface area contributed by atoms with E-state index in [0.29, 0.717) is 20.6 Å². The van der Waals surface area contributed by atoms with E-state index >= 15 is 0 Å². The quantitative estimate of drug-likeness (QED) is 0.639. The summed E-state index contributed by atoms with van der Waals surface area (Å²) in [5, 5.41) is 3.46. The van der Waals surface area contributed by atoms with Gasteiger partial charge >= 0.3 is 0 Å². The molecular formula is C11H5Br2Cl2NOS. The Morgan fingerprint density at radius 1 is 1.28 bits per heavy atom. The molecule has 0 saturated carbocycles. The molecule has 0 radical (unpaired) electrons. The highest BCUT2D eigenvalue weighted by Crippen LogP contribution is 2.34. The monoisotopic (exact) mass is 427 g/mol. The van der Waals surface area contributed by atoms with Crippen molar-refractivity contribution in [1.82, 2.24) is 0 Å². The Hall–Kier alpha value is -0.0700. The maximum absolute atomic E-state index is 12.0. The summed E-state index contributed by atoms with van der Waals surface area (Å²) >= 11 is 19.9. The van der Waals surface area contributed by atoms with Gasteiger partial charge in [-0.1, -0.05) is 29.3 Å². The SMILES string of the molecule is O=C(Nc1cccc(Cl)c1Cl)c1cc(Br)c(Br)s1. The van der Waals surface area contributed by atoms with Crippen LogP contribution >= 0.6 is 66.4 Å². The lowest BCUT2D eigenvalue weighted by Crippen LogP contribution is -2.10. The molecule has 2 nitrogen and oxygen atoms in total. The van der Waals surface area contributed by atoms with Crippen LogP contribution in [-0.4, -0.2) is 5.91 Å². The lowest BCUT2D eigenvalue weighted by molar-refractivity contribution is 0.103. The predicted octanol–water partition coefficient (Wildman–Crippen LogP) is 5.83. The molecule has 0 aliphatic rings. The van der Waals surface area contributed by atoms with E-state index in [0.717, 1.165) is 8.26 Å². The largest absolute Gasteiger partial charge is 0.320 e. The minimum Gasteiger partial charge on any atom is -0.320 e. The van der Waals surface area contributed by atoms with Crippen LogP contribution in [0.4, 0.5) is 5.69 Å². The van der Waals surface area contributed by atoms with E-state index in [2.05, 4.69) is 37.2 Å². The molecule has 1 amide bonds. The molecule has 1 N–H and O–H groups in total. The molecule has 1 aromatic carbocycles. The average molecular weight is 430 g/mol. The van der Waals surface area contributed by atoms with Crippen molar-refractivity contribution in [2.45, 2.75) is 0 Å². The topological polar surface area (TPSA) is 29.1 Å². The highest BCUT2D eigenvalue weighted by Gasteiger charge is 2.14. The smallest absolute Gasteiger partial charge is 0.265 e. The van der Waals surface area contributed by atoms with E-state index in [1.807, 2.05) is 0 Å². The molecule has 94 valence electrons. The van der Waals surface area contributed by atoms with Gasteiger partial charge in [-0.05, 0) is 50.1 Å². The molecule has 0 unspecified atom stereocenters. The van der Waals surface area contributed by atoms with Crippen molar-refractivity contribution in [3.63, 3.8) is 0 Å². The summed E-state index contributed by atoms with van der Waals surface area (Å²) in [6, 6.07) is 6.83. The van der Waals surface area contributed by atoms with Gasteiger partial charge in [0, 0.05) is 4.47 Å². The number of anilines is 1. The molecule has 1 aromatic heterocycles. The van der Waals surface area contributed by atoms with Gasteiger partial charge in [0.25, 0.3) is 5.91 Å². The zero-order valence-corrected chi connectivity index (χ0v) is 14.1. The molecule has 0 aliphatic carbocycles. The molecule has 0 spiro atoms. The van der Waals surface area contributed by atoms with Crippen molar-refractivity contribution in [2.24, 2.45) is 0 Å². The molecule has 2 rings (SSSR count). The Balaban J connectivity index is 2.24. The highest BCUT2D eigenvalue weighted by atomic mass is 79.9. The number of carbonyl (C=O) groups excluding carboxylic acids is 1. The van der Waals surface area contributed by atoms with E-state index < -0.39 is 0 Å². The second-order valence-electron chi connectivity index (χ2n) is 3.29. The lowest BCUT2D eigenvalue weighted by atomic mass is 10.3. The van der Waals surface area contributed by atoms with Crippen LogP contribution in [0.15, 0.2) is 32.5 Å². The first-order valence-electron chi connectivity index (χ1n) is 4.69. The molecule has 1 heterocycles. The van der Waals surface area contributed by atoms with Gasteiger partial charge in [-0.15, -0.1) is 11.3 Å². The maximum atomic E-state index is 12.0. The van der Waals surface area contributed by atoms with Gasteiger partial charge in [0.2, 0.25) is 0 Å².